The molecule has 0 bridgehead atoms. The van der Waals surface area contributed by atoms with Gasteiger partial charge in [0.15, 0.2) is 0 Å². The summed E-state index contributed by atoms with van der Waals surface area (Å²) in [5.41, 5.74) is 9.32. The molecule has 0 radical (unpaired) electrons. The van der Waals surface area contributed by atoms with Gasteiger partial charge in [-0.25, -0.2) is 4.98 Å². The predicted octanol–water partition coefficient (Wildman–Crippen LogP) is 7.77. The second-order valence-corrected chi connectivity index (χ2v) is 10.4. The van der Waals surface area contributed by atoms with Crippen molar-refractivity contribution in [3.05, 3.63) is 90.9 Å². The monoisotopic (exact) mass is 467 g/mol. The van der Waals surface area contributed by atoms with E-state index in [0.29, 0.717) is 0 Å². The lowest BCUT2D eigenvalue weighted by atomic mass is 9.88. The first-order valence-corrected chi connectivity index (χ1v) is 12.2. The summed E-state index contributed by atoms with van der Waals surface area (Å²) < 4.78 is 0. The Labute approximate surface area is 208 Å². The summed E-state index contributed by atoms with van der Waals surface area (Å²) in [4.78, 5) is 22.0. The van der Waals surface area contributed by atoms with Crippen LogP contribution in [0, 0.1) is 0 Å². The van der Waals surface area contributed by atoms with E-state index in [-0.39, 0.29) is 5.41 Å². The topological polar surface area (TPSA) is 70.2 Å². The summed E-state index contributed by atoms with van der Waals surface area (Å²) in [6, 6.07) is 25.2. The summed E-state index contributed by atoms with van der Waals surface area (Å²) in [5, 5.41) is 3.19. The average Bonchev–Trinajstić information content (AvgIpc) is 3.51. The molecule has 0 amide bonds. The molecule has 4 heterocycles. The standard InChI is InChI=1S/C31H25N5/c1-31(2,3)29-24(22-17-19(13-14-23(22)34-29)18-9-5-4-6-10-18)30-35-27-20-11-7-15-32-25(20)26-21(28(27)36-30)12-8-16-33-26/h4-17,34H,1-3H3,(H,35,36). The zero-order valence-corrected chi connectivity index (χ0v) is 20.4. The van der Waals surface area contributed by atoms with E-state index in [2.05, 4.69) is 95.3 Å². The van der Waals surface area contributed by atoms with Gasteiger partial charge in [0.1, 0.15) is 5.82 Å². The normalized spacial score (nSPS) is 12.3. The van der Waals surface area contributed by atoms with E-state index in [4.69, 9.17) is 4.98 Å². The molecule has 0 saturated carbocycles. The maximum atomic E-state index is 5.22. The number of benzene rings is 3. The smallest absolute Gasteiger partial charge is 0.141 e. The summed E-state index contributed by atoms with van der Waals surface area (Å²) in [6.07, 6.45) is 3.64. The van der Waals surface area contributed by atoms with E-state index in [1.807, 2.05) is 30.6 Å². The molecule has 5 nitrogen and oxygen atoms in total. The van der Waals surface area contributed by atoms with E-state index in [0.717, 1.165) is 60.8 Å². The Balaban J connectivity index is 1.58. The summed E-state index contributed by atoms with van der Waals surface area (Å²) >= 11 is 0. The third-order valence-corrected chi connectivity index (χ3v) is 6.96. The Bertz CT molecular complexity index is 1850. The first-order valence-electron chi connectivity index (χ1n) is 12.2. The van der Waals surface area contributed by atoms with E-state index >= 15 is 0 Å². The van der Waals surface area contributed by atoms with Crippen molar-refractivity contribution in [3.63, 3.8) is 0 Å². The van der Waals surface area contributed by atoms with Crippen LogP contribution < -0.4 is 0 Å². The molecule has 0 aliphatic heterocycles. The molecule has 4 aromatic heterocycles. The molecule has 36 heavy (non-hydrogen) atoms. The van der Waals surface area contributed by atoms with Crippen molar-refractivity contribution >= 4 is 43.7 Å². The van der Waals surface area contributed by atoms with Crippen molar-refractivity contribution in [2.45, 2.75) is 26.2 Å². The zero-order valence-electron chi connectivity index (χ0n) is 20.4. The van der Waals surface area contributed by atoms with Crippen LogP contribution in [-0.2, 0) is 5.41 Å². The molecule has 0 aliphatic rings. The van der Waals surface area contributed by atoms with Crippen LogP contribution in [0.3, 0.4) is 0 Å². The van der Waals surface area contributed by atoms with Crippen LogP contribution >= 0.6 is 0 Å². The number of aromatic amines is 2. The van der Waals surface area contributed by atoms with Crippen molar-refractivity contribution in [1.29, 1.82) is 0 Å². The van der Waals surface area contributed by atoms with Crippen LogP contribution in [0.1, 0.15) is 26.5 Å². The van der Waals surface area contributed by atoms with Crippen LogP contribution in [0.15, 0.2) is 85.2 Å². The van der Waals surface area contributed by atoms with Gasteiger partial charge in [0.2, 0.25) is 0 Å². The van der Waals surface area contributed by atoms with Crippen molar-refractivity contribution in [3.8, 4) is 22.5 Å². The molecule has 7 rings (SSSR count). The molecule has 0 saturated heterocycles. The molecular formula is C31H25N5. The molecule has 7 aromatic rings. The van der Waals surface area contributed by atoms with Crippen molar-refractivity contribution in [2.24, 2.45) is 0 Å². The van der Waals surface area contributed by atoms with E-state index in [9.17, 15) is 0 Å². The molecule has 0 atom stereocenters. The van der Waals surface area contributed by atoms with E-state index < -0.39 is 0 Å². The van der Waals surface area contributed by atoms with Crippen LogP contribution in [0.25, 0.3) is 66.3 Å². The summed E-state index contributed by atoms with van der Waals surface area (Å²) in [7, 11) is 0. The van der Waals surface area contributed by atoms with Gasteiger partial charge in [-0.15, -0.1) is 0 Å². The third-order valence-electron chi connectivity index (χ3n) is 6.96. The molecule has 174 valence electrons. The van der Waals surface area contributed by atoms with Gasteiger partial charge in [0, 0.05) is 50.7 Å². The highest BCUT2D eigenvalue weighted by Gasteiger charge is 2.26. The Morgan fingerprint density at radius 2 is 1.36 bits per heavy atom. The van der Waals surface area contributed by atoms with Gasteiger partial charge in [-0.2, -0.15) is 0 Å². The fourth-order valence-electron chi connectivity index (χ4n) is 5.27. The lowest BCUT2D eigenvalue weighted by Crippen LogP contribution is -2.13. The number of fused-ring (bicyclic) bond motifs is 7. The Morgan fingerprint density at radius 1 is 0.639 bits per heavy atom. The molecule has 0 fully saturated rings. The number of imidazole rings is 1. The second-order valence-electron chi connectivity index (χ2n) is 10.4. The van der Waals surface area contributed by atoms with Gasteiger partial charge in [0.05, 0.1) is 22.1 Å². The van der Waals surface area contributed by atoms with E-state index in [1.165, 1.54) is 11.1 Å². The van der Waals surface area contributed by atoms with Gasteiger partial charge in [-0.05, 0) is 47.5 Å². The first kappa shape index (κ1) is 20.8. The number of hydrogen-bond acceptors (Lipinski definition) is 3. The SMILES string of the molecule is CC(C)(C)c1[nH]c2ccc(-c3ccccc3)cc2c1-c1nc2c3cccnc3c3ncccc3c2[nH]1. The van der Waals surface area contributed by atoms with Crippen molar-refractivity contribution < 1.29 is 0 Å². The van der Waals surface area contributed by atoms with Crippen LogP contribution in [0.2, 0.25) is 0 Å². The summed E-state index contributed by atoms with van der Waals surface area (Å²) in [6.45, 7) is 6.71. The fourth-order valence-corrected chi connectivity index (χ4v) is 5.27. The molecule has 0 unspecified atom stereocenters. The van der Waals surface area contributed by atoms with Gasteiger partial charge < -0.3 is 9.97 Å². The number of aromatic nitrogens is 5. The Hall–Kier alpha value is -4.51. The minimum Gasteiger partial charge on any atom is -0.357 e. The van der Waals surface area contributed by atoms with Gasteiger partial charge >= 0.3 is 0 Å². The van der Waals surface area contributed by atoms with Gasteiger partial charge in [-0.3, -0.25) is 9.97 Å². The third kappa shape index (κ3) is 3.06. The quantitative estimate of drug-likeness (QED) is 0.255. The van der Waals surface area contributed by atoms with E-state index in [1.54, 1.807) is 0 Å². The zero-order chi connectivity index (χ0) is 24.4. The average molecular weight is 468 g/mol. The Morgan fingerprint density at radius 3 is 2.11 bits per heavy atom. The predicted molar refractivity (Wildman–Crippen MR) is 148 cm³/mol. The largest absolute Gasteiger partial charge is 0.357 e. The number of nitrogens with zero attached hydrogens (tertiary/aromatic N) is 3. The molecule has 2 N–H and O–H groups in total. The lowest BCUT2D eigenvalue weighted by Gasteiger charge is -2.18. The van der Waals surface area contributed by atoms with Crippen molar-refractivity contribution in [2.75, 3.05) is 0 Å². The summed E-state index contributed by atoms with van der Waals surface area (Å²) in [5.74, 6) is 0.855. The van der Waals surface area contributed by atoms with Gasteiger partial charge in [-0.1, -0.05) is 57.2 Å². The highest BCUT2D eigenvalue weighted by Crippen LogP contribution is 2.41. The molecule has 0 spiro atoms. The molecule has 0 aliphatic carbocycles. The highest BCUT2D eigenvalue weighted by atomic mass is 14.9. The van der Waals surface area contributed by atoms with Crippen LogP contribution in [-0.4, -0.2) is 24.9 Å². The number of rotatable bonds is 2. The maximum absolute atomic E-state index is 5.22. The lowest BCUT2D eigenvalue weighted by molar-refractivity contribution is 0.575. The van der Waals surface area contributed by atoms with Crippen molar-refractivity contribution in [1.82, 2.24) is 24.9 Å². The van der Waals surface area contributed by atoms with Crippen LogP contribution in [0.4, 0.5) is 0 Å². The second kappa shape index (κ2) is 7.49. The number of hydrogen-bond donors (Lipinski definition) is 2. The number of H-pyrrole nitrogens is 2. The number of nitrogens with one attached hydrogen (secondary N) is 2. The minimum atomic E-state index is -0.104. The van der Waals surface area contributed by atoms with Gasteiger partial charge in [0.25, 0.3) is 0 Å². The Kier molecular flexibility index (Phi) is 4.33. The fraction of sp³-hybridized carbons (Fsp3) is 0.129. The maximum Gasteiger partial charge on any atom is 0.141 e. The number of pyridine rings is 2. The first-order chi connectivity index (χ1) is 17.5. The molecular weight excluding hydrogens is 442 g/mol. The highest BCUT2D eigenvalue weighted by molar-refractivity contribution is 6.21. The molecule has 3 aromatic carbocycles. The minimum absolute atomic E-state index is 0.104. The van der Waals surface area contributed by atoms with Crippen LogP contribution in [0.5, 0.6) is 0 Å². The molecule has 5 heteroatoms.